The summed E-state index contributed by atoms with van der Waals surface area (Å²) in [6.07, 6.45) is 0. The topological polar surface area (TPSA) is 136 Å². The number of nitro groups is 1. The number of carbonyl (C=O) groups is 1. The quantitative estimate of drug-likeness (QED) is 0.423. The summed E-state index contributed by atoms with van der Waals surface area (Å²) in [6, 6.07) is 3.19. The van der Waals surface area contributed by atoms with Crippen LogP contribution in [0.5, 0.6) is 5.75 Å². The zero-order valence-corrected chi connectivity index (χ0v) is 13.0. The monoisotopic (exact) mass is 331 g/mol. The van der Waals surface area contributed by atoms with E-state index >= 15 is 0 Å². The highest BCUT2D eigenvalue weighted by Gasteiger charge is 2.23. The largest absolute Gasteiger partial charge is 0.493 e. The Bertz CT molecular complexity index is 958. The normalized spacial score (nSPS) is 10.8. The van der Waals surface area contributed by atoms with Gasteiger partial charge in [-0.1, -0.05) is 0 Å². The van der Waals surface area contributed by atoms with Gasteiger partial charge in [0.1, 0.15) is 16.8 Å². The minimum atomic E-state index is -0.553. The molecule has 2 aromatic heterocycles. The SMILES string of the molecule is COC(=O)c1ccc2[nH]c(-c3nc(C)c([N+](=O)[O-])[nH]3)nc2c1OC. The molecular weight excluding hydrogens is 318 g/mol. The number of H-pyrrole nitrogens is 2. The van der Waals surface area contributed by atoms with Crippen molar-refractivity contribution in [1.29, 1.82) is 0 Å². The number of rotatable bonds is 4. The van der Waals surface area contributed by atoms with E-state index in [-0.39, 0.29) is 28.6 Å². The van der Waals surface area contributed by atoms with Crippen LogP contribution in [0.4, 0.5) is 5.82 Å². The number of nitrogens with one attached hydrogen (secondary N) is 2. The second-order valence-corrected chi connectivity index (χ2v) is 4.90. The maximum absolute atomic E-state index is 11.8. The number of ether oxygens (including phenoxy) is 2. The van der Waals surface area contributed by atoms with Gasteiger partial charge in [0.05, 0.1) is 19.7 Å². The molecule has 3 rings (SSSR count). The molecule has 10 heteroatoms. The minimum Gasteiger partial charge on any atom is -0.493 e. The van der Waals surface area contributed by atoms with Crippen LogP contribution in [0.3, 0.4) is 0 Å². The number of fused-ring (bicyclic) bond motifs is 1. The molecule has 2 N–H and O–H groups in total. The van der Waals surface area contributed by atoms with E-state index in [2.05, 4.69) is 19.9 Å². The average molecular weight is 331 g/mol. The van der Waals surface area contributed by atoms with Crippen molar-refractivity contribution in [3.63, 3.8) is 0 Å². The van der Waals surface area contributed by atoms with Gasteiger partial charge in [-0.25, -0.2) is 19.7 Å². The number of benzene rings is 1. The van der Waals surface area contributed by atoms with Crippen LogP contribution < -0.4 is 4.74 Å². The van der Waals surface area contributed by atoms with E-state index in [0.29, 0.717) is 16.9 Å². The summed E-state index contributed by atoms with van der Waals surface area (Å²) in [5.41, 5.74) is 1.46. The minimum absolute atomic E-state index is 0.201. The molecule has 124 valence electrons. The summed E-state index contributed by atoms with van der Waals surface area (Å²) in [6.45, 7) is 1.52. The van der Waals surface area contributed by atoms with Crippen LogP contribution in [0.1, 0.15) is 16.1 Å². The lowest BCUT2D eigenvalue weighted by Gasteiger charge is -2.06. The molecule has 0 unspecified atom stereocenters. The first-order valence-electron chi connectivity index (χ1n) is 6.82. The maximum Gasteiger partial charge on any atom is 0.343 e. The van der Waals surface area contributed by atoms with E-state index in [1.165, 1.54) is 21.1 Å². The molecular formula is C14H13N5O5. The van der Waals surface area contributed by atoms with Gasteiger partial charge in [-0.2, -0.15) is 0 Å². The Kier molecular flexibility index (Phi) is 3.64. The predicted octanol–water partition coefficient (Wildman–Crippen LogP) is 1.96. The highest BCUT2D eigenvalue weighted by molar-refractivity contribution is 5.99. The zero-order valence-electron chi connectivity index (χ0n) is 13.0. The predicted molar refractivity (Wildman–Crippen MR) is 83.0 cm³/mol. The van der Waals surface area contributed by atoms with Gasteiger partial charge in [0.15, 0.2) is 11.6 Å². The molecule has 0 spiro atoms. The lowest BCUT2D eigenvalue weighted by atomic mass is 10.1. The third kappa shape index (κ3) is 2.33. The van der Waals surface area contributed by atoms with Crippen molar-refractivity contribution in [1.82, 2.24) is 19.9 Å². The number of aryl methyl sites for hydroxylation is 1. The van der Waals surface area contributed by atoms with Gasteiger partial charge in [0.25, 0.3) is 5.82 Å². The molecule has 3 aromatic rings. The summed E-state index contributed by atoms with van der Waals surface area (Å²) < 4.78 is 9.99. The summed E-state index contributed by atoms with van der Waals surface area (Å²) >= 11 is 0. The van der Waals surface area contributed by atoms with Gasteiger partial charge < -0.3 is 24.6 Å². The van der Waals surface area contributed by atoms with Crippen LogP contribution in [0.2, 0.25) is 0 Å². The van der Waals surface area contributed by atoms with Gasteiger partial charge in [-0.3, -0.25) is 0 Å². The smallest absolute Gasteiger partial charge is 0.343 e. The second kappa shape index (κ2) is 5.65. The van der Waals surface area contributed by atoms with Crippen molar-refractivity contribution in [2.75, 3.05) is 14.2 Å². The van der Waals surface area contributed by atoms with Crippen LogP contribution in [-0.2, 0) is 4.74 Å². The van der Waals surface area contributed by atoms with Gasteiger partial charge >= 0.3 is 11.8 Å². The lowest BCUT2D eigenvalue weighted by molar-refractivity contribution is -0.389. The van der Waals surface area contributed by atoms with Gasteiger partial charge in [-0.15, -0.1) is 0 Å². The van der Waals surface area contributed by atoms with Crippen LogP contribution in [-0.4, -0.2) is 45.0 Å². The summed E-state index contributed by atoms with van der Waals surface area (Å²) in [7, 11) is 2.68. The molecule has 0 saturated carbocycles. The van der Waals surface area contributed by atoms with Crippen LogP contribution in [0.15, 0.2) is 12.1 Å². The Balaban J connectivity index is 2.17. The first-order chi connectivity index (χ1) is 11.5. The van der Waals surface area contributed by atoms with Crippen LogP contribution in [0.25, 0.3) is 22.7 Å². The number of methoxy groups -OCH3 is 2. The van der Waals surface area contributed by atoms with Crippen LogP contribution in [0, 0.1) is 17.0 Å². The second-order valence-electron chi connectivity index (χ2n) is 4.90. The van der Waals surface area contributed by atoms with Gasteiger partial charge in [0, 0.05) is 0 Å². The van der Waals surface area contributed by atoms with Crippen molar-refractivity contribution >= 4 is 22.8 Å². The van der Waals surface area contributed by atoms with Crippen LogP contribution >= 0.6 is 0 Å². The summed E-state index contributed by atoms with van der Waals surface area (Å²) in [5, 5.41) is 10.9. The van der Waals surface area contributed by atoms with Crippen molar-refractivity contribution in [2.24, 2.45) is 0 Å². The third-order valence-corrected chi connectivity index (χ3v) is 3.48. The highest BCUT2D eigenvalue weighted by Crippen LogP contribution is 2.31. The fraction of sp³-hybridized carbons (Fsp3) is 0.214. The fourth-order valence-corrected chi connectivity index (χ4v) is 2.38. The van der Waals surface area contributed by atoms with E-state index in [1.807, 2.05) is 0 Å². The maximum atomic E-state index is 11.8. The molecule has 0 aliphatic carbocycles. The number of imidazole rings is 2. The molecule has 0 saturated heterocycles. The Morgan fingerprint density at radius 3 is 2.50 bits per heavy atom. The Morgan fingerprint density at radius 1 is 1.21 bits per heavy atom. The first kappa shape index (κ1) is 15.5. The molecule has 24 heavy (non-hydrogen) atoms. The molecule has 1 aromatic carbocycles. The Morgan fingerprint density at radius 2 is 1.92 bits per heavy atom. The fourth-order valence-electron chi connectivity index (χ4n) is 2.38. The molecule has 0 fully saturated rings. The van der Waals surface area contributed by atoms with E-state index in [4.69, 9.17) is 9.47 Å². The number of aromatic nitrogens is 4. The molecule has 0 atom stereocenters. The number of hydrogen-bond donors (Lipinski definition) is 2. The number of esters is 1. The summed E-state index contributed by atoms with van der Waals surface area (Å²) in [5.74, 6) is 0.00802. The average Bonchev–Trinajstić information content (AvgIpc) is 3.16. The van der Waals surface area contributed by atoms with Crippen molar-refractivity contribution in [3.05, 3.63) is 33.5 Å². The Labute approximate surface area is 135 Å². The highest BCUT2D eigenvalue weighted by atomic mass is 16.6. The number of aromatic amines is 2. The molecule has 0 amide bonds. The van der Waals surface area contributed by atoms with E-state index in [0.717, 1.165) is 0 Å². The standard InChI is InChI=1S/C14H13N5O5/c1-6-13(19(21)22)18-11(15-6)12-16-8-5-4-7(14(20)24-3)10(23-2)9(8)17-12/h4-5H,1-3H3,(H,15,18)(H,16,17). The molecule has 0 aliphatic rings. The van der Waals surface area contributed by atoms with E-state index < -0.39 is 10.9 Å². The molecule has 2 heterocycles. The number of carbonyl (C=O) groups excluding carboxylic acids is 1. The zero-order chi connectivity index (χ0) is 17.4. The Hall–Kier alpha value is -3.43. The van der Waals surface area contributed by atoms with E-state index in [1.54, 1.807) is 12.1 Å². The molecule has 0 radical (unpaired) electrons. The third-order valence-electron chi connectivity index (χ3n) is 3.48. The van der Waals surface area contributed by atoms with E-state index in [9.17, 15) is 14.9 Å². The van der Waals surface area contributed by atoms with Gasteiger partial charge in [-0.05, 0) is 24.0 Å². The summed E-state index contributed by atoms with van der Waals surface area (Å²) in [4.78, 5) is 36.2. The van der Waals surface area contributed by atoms with Crippen molar-refractivity contribution in [3.8, 4) is 17.4 Å². The number of nitrogens with zero attached hydrogens (tertiary/aromatic N) is 3. The van der Waals surface area contributed by atoms with Crippen molar-refractivity contribution < 1.29 is 19.2 Å². The molecule has 10 nitrogen and oxygen atoms in total. The first-order valence-corrected chi connectivity index (χ1v) is 6.82. The molecule has 0 bridgehead atoms. The lowest BCUT2D eigenvalue weighted by Crippen LogP contribution is -2.04. The number of hydrogen-bond acceptors (Lipinski definition) is 7. The van der Waals surface area contributed by atoms with Gasteiger partial charge in [0.2, 0.25) is 0 Å². The molecule has 0 aliphatic heterocycles. The van der Waals surface area contributed by atoms with Crippen molar-refractivity contribution in [2.45, 2.75) is 6.92 Å².